The lowest BCUT2D eigenvalue weighted by molar-refractivity contribution is -0.137. The monoisotopic (exact) mass is 555 g/mol. The summed E-state index contributed by atoms with van der Waals surface area (Å²) in [6.45, 7) is 5.15. The number of aromatic nitrogens is 2. The molecular formula is C28H32F3N7O2. The third-order valence-electron chi connectivity index (χ3n) is 6.66. The highest BCUT2D eigenvalue weighted by Crippen LogP contribution is 2.38. The van der Waals surface area contributed by atoms with E-state index in [1.165, 1.54) is 7.11 Å². The Bertz CT molecular complexity index is 1360. The van der Waals surface area contributed by atoms with Crippen LogP contribution < -0.4 is 25.6 Å². The van der Waals surface area contributed by atoms with Crippen molar-refractivity contribution in [3.8, 4) is 5.75 Å². The third-order valence-corrected chi connectivity index (χ3v) is 6.66. The van der Waals surface area contributed by atoms with Gasteiger partial charge in [0, 0.05) is 48.5 Å². The number of carbonyl (C=O) groups is 1. The number of rotatable bonds is 9. The van der Waals surface area contributed by atoms with E-state index in [0.29, 0.717) is 28.9 Å². The maximum absolute atomic E-state index is 13.9. The number of ether oxygens (including phenoxy) is 1. The van der Waals surface area contributed by atoms with Crippen LogP contribution in [0.4, 0.5) is 47.7 Å². The molecule has 1 aromatic heterocycles. The van der Waals surface area contributed by atoms with Crippen LogP contribution in [0.3, 0.4) is 0 Å². The Hall–Kier alpha value is -4.32. The summed E-state index contributed by atoms with van der Waals surface area (Å²) < 4.78 is 47.1. The smallest absolute Gasteiger partial charge is 0.421 e. The number of hydrogen-bond donors (Lipinski definition) is 3. The second-order valence-corrected chi connectivity index (χ2v) is 9.54. The molecule has 0 atom stereocenters. The van der Waals surface area contributed by atoms with Crippen molar-refractivity contribution in [3.63, 3.8) is 0 Å². The fraction of sp³-hybridized carbons (Fsp3) is 0.321. The van der Waals surface area contributed by atoms with Gasteiger partial charge in [-0.2, -0.15) is 18.2 Å². The predicted molar refractivity (Wildman–Crippen MR) is 151 cm³/mol. The average molecular weight is 556 g/mol. The number of nitrogens with one attached hydrogen (secondary N) is 3. The first-order valence-corrected chi connectivity index (χ1v) is 12.7. The van der Waals surface area contributed by atoms with E-state index in [2.05, 4.69) is 56.4 Å². The van der Waals surface area contributed by atoms with Gasteiger partial charge in [0.25, 0.3) is 0 Å². The van der Waals surface area contributed by atoms with Crippen molar-refractivity contribution in [3.05, 3.63) is 66.9 Å². The zero-order valence-electron chi connectivity index (χ0n) is 22.5. The van der Waals surface area contributed by atoms with E-state index in [4.69, 9.17) is 4.74 Å². The molecule has 2 heterocycles. The number of methoxy groups -OCH3 is 1. The van der Waals surface area contributed by atoms with E-state index in [1.807, 2.05) is 12.1 Å². The van der Waals surface area contributed by atoms with Gasteiger partial charge in [-0.1, -0.05) is 12.6 Å². The first kappa shape index (κ1) is 28.7. The molecule has 3 N–H and O–H groups in total. The largest absolute Gasteiger partial charge is 0.494 e. The van der Waals surface area contributed by atoms with Crippen LogP contribution in [0, 0.1) is 0 Å². The van der Waals surface area contributed by atoms with Crippen LogP contribution in [0.25, 0.3) is 0 Å². The van der Waals surface area contributed by atoms with Crippen LogP contribution in [0.1, 0.15) is 18.4 Å². The van der Waals surface area contributed by atoms with Crippen molar-refractivity contribution in [2.75, 3.05) is 55.1 Å². The molecule has 0 saturated carbocycles. The van der Waals surface area contributed by atoms with Gasteiger partial charge in [0.05, 0.1) is 12.8 Å². The quantitative estimate of drug-likeness (QED) is 0.292. The number of nitrogens with zero attached hydrogens (tertiary/aromatic N) is 4. The maximum Gasteiger partial charge on any atom is 0.421 e. The Morgan fingerprint density at radius 2 is 1.85 bits per heavy atom. The minimum absolute atomic E-state index is 0.0675. The summed E-state index contributed by atoms with van der Waals surface area (Å²) in [6.07, 6.45) is -0.809. The van der Waals surface area contributed by atoms with E-state index in [9.17, 15) is 18.0 Å². The van der Waals surface area contributed by atoms with Crippen molar-refractivity contribution in [1.29, 1.82) is 0 Å². The van der Waals surface area contributed by atoms with Crippen molar-refractivity contribution in [1.82, 2.24) is 14.9 Å². The number of amides is 1. The summed E-state index contributed by atoms with van der Waals surface area (Å²) in [5.74, 6) is -0.507. The lowest BCUT2D eigenvalue weighted by Crippen LogP contribution is -2.41. The van der Waals surface area contributed by atoms with Crippen LogP contribution in [-0.2, 0) is 11.0 Å². The Labute approximate surface area is 231 Å². The molecule has 1 amide bonds. The van der Waals surface area contributed by atoms with Crippen LogP contribution in [0.5, 0.6) is 5.75 Å². The molecule has 0 bridgehead atoms. The minimum Gasteiger partial charge on any atom is -0.494 e. The number of piperidine rings is 1. The highest BCUT2D eigenvalue weighted by molar-refractivity contribution is 5.99. The second kappa shape index (κ2) is 12.2. The van der Waals surface area contributed by atoms with Crippen molar-refractivity contribution >= 4 is 40.4 Å². The SMILES string of the molecule is C=CC(=O)Nc1cccc(Nc2ncc(C(F)(F)F)c(Nc3ccc(N4CCC(N(C)C)CC4)cc3OC)n2)c1. The zero-order chi connectivity index (χ0) is 28.9. The van der Waals surface area contributed by atoms with E-state index in [0.717, 1.165) is 43.9 Å². The number of carbonyl (C=O) groups excluding carboxylic acids is 1. The molecule has 1 fully saturated rings. The fourth-order valence-electron chi connectivity index (χ4n) is 4.49. The van der Waals surface area contributed by atoms with Gasteiger partial charge >= 0.3 is 6.18 Å². The van der Waals surface area contributed by atoms with Gasteiger partial charge in [-0.25, -0.2) is 4.98 Å². The summed E-state index contributed by atoms with van der Waals surface area (Å²) in [5.41, 5.74) is 1.17. The summed E-state index contributed by atoms with van der Waals surface area (Å²) >= 11 is 0. The lowest BCUT2D eigenvalue weighted by atomic mass is 10.0. The van der Waals surface area contributed by atoms with Crippen molar-refractivity contribution in [2.45, 2.75) is 25.1 Å². The maximum atomic E-state index is 13.9. The van der Waals surface area contributed by atoms with Gasteiger partial charge in [-0.05, 0) is 63.3 Å². The lowest BCUT2D eigenvalue weighted by Gasteiger charge is -2.36. The summed E-state index contributed by atoms with van der Waals surface area (Å²) in [4.78, 5) is 24.0. The molecular weight excluding hydrogens is 523 g/mol. The van der Waals surface area contributed by atoms with Crippen molar-refractivity contribution < 1.29 is 22.7 Å². The van der Waals surface area contributed by atoms with Crippen LogP contribution in [0.2, 0.25) is 0 Å². The molecule has 12 heteroatoms. The molecule has 1 saturated heterocycles. The van der Waals surface area contributed by atoms with Gasteiger partial charge in [0.1, 0.15) is 17.1 Å². The Balaban J connectivity index is 1.58. The van der Waals surface area contributed by atoms with E-state index < -0.39 is 23.5 Å². The van der Waals surface area contributed by atoms with E-state index in [1.54, 1.807) is 30.3 Å². The van der Waals surface area contributed by atoms with Crippen LogP contribution >= 0.6 is 0 Å². The van der Waals surface area contributed by atoms with Gasteiger partial charge in [-0.15, -0.1) is 0 Å². The van der Waals surface area contributed by atoms with E-state index >= 15 is 0 Å². The molecule has 40 heavy (non-hydrogen) atoms. The van der Waals surface area contributed by atoms with Crippen LogP contribution in [0.15, 0.2) is 61.3 Å². The fourth-order valence-corrected chi connectivity index (χ4v) is 4.49. The molecule has 3 aromatic rings. The van der Waals surface area contributed by atoms with Gasteiger partial charge in [0.2, 0.25) is 11.9 Å². The second-order valence-electron chi connectivity index (χ2n) is 9.54. The standard InChI is InChI=1S/C28H32F3N7O2/c1-5-25(39)33-18-7-6-8-19(15-18)34-27-32-17-22(28(29,30)31)26(36-27)35-23-10-9-21(16-24(23)40-4)38-13-11-20(12-14-38)37(2)3/h5-10,15-17,20H,1,11-14H2,2-4H3,(H,33,39)(H2,32,34,35,36). The molecule has 0 spiro atoms. The molecule has 0 radical (unpaired) electrons. The molecule has 212 valence electrons. The molecule has 0 aliphatic carbocycles. The van der Waals surface area contributed by atoms with Crippen LogP contribution in [-0.4, -0.2) is 61.1 Å². The number of anilines is 6. The van der Waals surface area contributed by atoms with Gasteiger partial charge in [-0.3, -0.25) is 4.79 Å². The summed E-state index contributed by atoms with van der Waals surface area (Å²) in [7, 11) is 5.63. The Kier molecular flexibility index (Phi) is 8.78. The number of hydrogen-bond acceptors (Lipinski definition) is 8. The molecule has 0 unspecified atom stereocenters. The number of benzene rings is 2. The predicted octanol–water partition coefficient (Wildman–Crippen LogP) is 5.65. The molecule has 1 aliphatic rings. The highest BCUT2D eigenvalue weighted by Gasteiger charge is 2.35. The first-order chi connectivity index (χ1) is 19.1. The zero-order valence-corrected chi connectivity index (χ0v) is 22.5. The topological polar surface area (TPSA) is 94.6 Å². The van der Waals surface area contributed by atoms with E-state index in [-0.39, 0.29) is 5.95 Å². The first-order valence-electron chi connectivity index (χ1n) is 12.7. The minimum atomic E-state index is -4.69. The normalized spacial score (nSPS) is 14.1. The van der Waals surface area contributed by atoms with Gasteiger partial charge in [0.15, 0.2) is 0 Å². The third kappa shape index (κ3) is 7.00. The number of alkyl halides is 3. The average Bonchev–Trinajstić information content (AvgIpc) is 2.93. The molecule has 2 aromatic carbocycles. The van der Waals surface area contributed by atoms with Crippen molar-refractivity contribution in [2.24, 2.45) is 0 Å². The molecule has 9 nitrogen and oxygen atoms in total. The molecule has 1 aliphatic heterocycles. The number of halogens is 3. The summed E-state index contributed by atoms with van der Waals surface area (Å²) in [5, 5.41) is 8.30. The Morgan fingerprint density at radius 3 is 2.50 bits per heavy atom. The Morgan fingerprint density at radius 1 is 1.12 bits per heavy atom. The highest BCUT2D eigenvalue weighted by atomic mass is 19.4. The summed E-state index contributed by atoms with van der Waals surface area (Å²) in [6, 6.07) is 12.5. The van der Waals surface area contributed by atoms with Gasteiger partial charge < -0.3 is 30.5 Å². The molecule has 4 rings (SSSR count).